The van der Waals surface area contributed by atoms with E-state index in [1.165, 1.54) is 0 Å². The van der Waals surface area contributed by atoms with E-state index in [0.717, 1.165) is 10.9 Å². The highest BCUT2D eigenvalue weighted by Gasteiger charge is 1.95. The molecule has 1 rings (SSSR count). The fourth-order valence-electron chi connectivity index (χ4n) is 0.687. The minimum Gasteiger partial charge on any atom is -0.305 e. The third-order valence-corrected chi connectivity index (χ3v) is 3.37. The summed E-state index contributed by atoms with van der Waals surface area (Å²) in [7, 11) is 3.48. The fraction of sp³-hybridized carbons (Fsp3) is 0.444. The number of rotatable bonds is 5. The van der Waals surface area contributed by atoms with Gasteiger partial charge in [-0.2, -0.15) is 0 Å². The molecular weight excluding hydrogens is 200 g/mol. The van der Waals surface area contributed by atoms with Crippen molar-refractivity contribution in [3.63, 3.8) is 0 Å². The molecule has 0 saturated carbocycles. The minimum absolute atomic E-state index is 0.553. The molecule has 0 fully saturated rings. The van der Waals surface area contributed by atoms with Gasteiger partial charge in [0.1, 0.15) is 5.03 Å². The van der Waals surface area contributed by atoms with Gasteiger partial charge in [0.15, 0.2) is 0 Å². The maximum atomic E-state index is 4.21. The second kappa shape index (κ2) is 6.29. The van der Waals surface area contributed by atoms with Gasteiger partial charge < -0.3 is 5.32 Å². The molecule has 1 N–H and O–H groups in total. The summed E-state index contributed by atoms with van der Waals surface area (Å²) < 4.78 is 0. The predicted molar refractivity (Wildman–Crippen MR) is 60.8 cm³/mol. The van der Waals surface area contributed by atoms with Gasteiger partial charge in [-0.05, 0) is 22.9 Å². The molecule has 0 atom stereocenters. The van der Waals surface area contributed by atoms with Crippen molar-refractivity contribution in [2.24, 2.45) is 0 Å². The Bertz CT molecular complexity index is 226. The molecule has 1 aromatic rings. The Kier molecular flexibility index (Phi) is 5.27. The minimum atomic E-state index is 0.553. The van der Waals surface area contributed by atoms with Gasteiger partial charge in [-0.25, -0.2) is 4.98 Å². The fourth-order valence-corrected chi connectivity index (χ4v) is 2.54. The Morgan fingerprint density at radius 1 is 1.46 bits per heavy atom. The largest absolute Gasteiger partial charge is 0.305 e. The van der Waals surface area contributed by atoms with E-state index in [1.54, 1.807) is 21.6 Å². The van der Waals surface area contributed by atoms with E-state index in [0.29, 0.717) is 6.04 Å². The summed E-state index contributed by atoms with van der Waals surface area (Å²) in [4.78, 5) is 4.21. The zero-order valence-electron chi connectivity index (χ0n) is 7.86. The van der Waals surface area contributed by atoms with E-state index in [1.807, 2.05) is 24.4 Å². The Morgan fingerprint density at radius 2 is 2.31 bits per heavy atom. The van der Waals surface area contributed by atoms with Gasteiger partial charge in [0, 0.05) is 12.2 Å². The normalized spacial score (nSPS) is 10.7. The summed E-state index contributed by atoms with van der Waals surface area (Å²) >= 11 is 0. The zero-order chi connectivity index (χ0) is 9.52. The van der Waals surface area contributed by atoms with Crippen LogP contribution < -0.4 is 5.32 Å². The predicted octanol–water partition coefficient (Wildman–Crippen LogP) is 2.78. The smallest absolute Gasteiger partial charge is 0.107 e. The second-order valence-corrected chi connectivity index (χ2v) is 5.19. The average molecular weight is 214 g/mol. The van der Waals surface area contributed by atoms with Gasteiger partial charge in [0.05, 0.1) is 5.88 Å². The molecule has 0 spiro atoms. The van der Waals surface area contributed by atoms with E-state index >= 15 is 0 Å². The van der Waals surface area contributed by atoms with Crippen LogP contribution in [0.4, 0.5) is 0 Å². The molecule has 0 unspecified atom stereocenters. The Balaban J connectivity index is 2.13. The molecule has 72 valence electrons. The maximum absolute atomic E-state index is 4.21. The third-order valence-electron chi connectivity index (χ3n) is 1.33. The van der Waals surface area contributed by atoms with Gasteiger partial charge >= 0.3 is 0 Å². The van der Waals surface area contributed by atoms with Crippen LogP contribution in [0.2, 0.25) is 0 Å². The van der Waals surface area contributed by atoms with Crippen LogP contribution >= 0.6 is 21.6 Å². The van der Waals surface area contributed by atoms with Crippen LogP contribution in [0.25, 0.3) is 0 Å². The Hall–Kier alpha value is -0.190. The third kappa shape index (κ3) is 5.18. The summed E-state index contributed by atoms with van der Waals surface area (Å²) in [5.74, 6) is 0.957. The van der Waals surface area contributed by atoms with Crippen molar-refractivity contribution in [1.82, 2.24) is 10.3 Å². The molecule has 0 bridgehead atoms. The standard InChI is InChI=1S/C9H14N2S2/c1-8(2)11-7-12-13-9-5-3-4-6-10-9/h3-6,8,11H,7H2,1-2H3. The number of hydrogen-bond donors (Lipinski definition) is 1. The monoisotopic (exact) mass is 214 g/mol. The van der Waals surface area contributed by atoms with Crippen molar-refractivity contribution < 1.29 is 0 Å². The SMILES string of the molecule is CC(C)NCSSc1ccccn1. The number of nitrogens with one attached hydrogen (secondary N) is 1. The first-order chi connectivity index (χ1) is 6.29. The lowest BCUT2D eigenvalue weighted by atomic mass is 10.4. The maximum Gasteiger partial charge on any atom is 0.107 e. The lowest BCUT2D eigenvalue weighted by Crippen LogP contribution is -2.21. The van der Waals surface area contributed by atoms with E-state index in [4.69, 9.17) is 0 Å². The van der Waals surface area contributed by atoms with Crippen LogP contribution in [-0.2, 0) is 0 Å². The summed E-state index contributed by atoms with van der Waals surface area (Å²) in [5.41, 5.74) is 0. The van der Waals surface area contributed by atoms with Crippen LogP contribution in [0.15, 0.2) is 29.4 Å². The highest BCUT2D eigenvalue weighted by atomic mass is 33.1. The topological polar surface area (TPSA) is 24.9 Å². The highest BCUT2D eigenvalue weighted by molar-refractivity contribution is 8.76. The van der Waals surface area contributed by atoms with Gasteiger partial charge in [-0.3, -0.25) is 0 Å². The van der Waals surface area contributed by atoms with Gasteiger partial charge in [0.25, 0.3) is 0 Å². The van der Waals surface area contributed by atoms with Crippen molar-refractivity contribution in [3.05, 3.63) is 24.4 Å². The van der Waals surface area contributed by atoms with Gasteiger partial charge in [-0.15, -0.1) is 0 Å². The zero-order valence-corrected chi connectivity index (χ0v) is 9.49. The number of aromatic nitrogens is 1. The molecule has 0 saturated heterocycles. The van der Waals surface area contributed by atoms with Crippen molar-refractivity contribution in [2.75, 3.05) is 5.88 Å². The molecule has 4 heteroatoms. The lowest BCUT2D eigenvalue weighted by molar-refractivity contribution is 0.656. The molecule has 2 nitrogen and oxygen atoms in total. The highest BCUT2D eigenvalue weighted by Crippen LogP contribution is 2.27. The molecule has 1 heterocycles. The van der Waals surface area contributed by atoms with Crippen LogP contribution in [0, 0.1) is 0 Å². The van der Waals surface area contributed by atoms with Crippen molar-refractivity contribution in [3.8, 4) is 0 Å². The van der Waals surface area contributed by atoms with Crippen LogP contribution in [0.3, 0.4) is 0 Å². The molecule has 0 amide bonds. The molecule has 0 aliphatic heterocycles. The number of nitrogens with zero attached hydrogens (tertiary/aromatic N) is 1. The van der Waals surface area contributed by atoms with E-state index in [9.17, 15) is 0 Å². The van der Waals surface area contributed by atoms with Crippen molar-refractivity contribution in [2.45, 2.75) is 24.9 Å². The van der Waals surface area contributed by atoms with E-state index in [-0.39, 0.29) is 0 Å². The van der Waals surface area contributed by atoms with Crippen LogP contribution in [-0.4, -0.2) is 16.9 Å². The molecule has 0 aliphatic carbocycles. The molecule has 13 heavy (non-hydrogen) atoms. The molecule has 1 aromatic heterocycles. The molecular formula is C9H14N2S2. The Labute approximate surface area is 87.3 Å². The van der Waals surface area contributed by atoms with Crippen molar-refractivity contribution >= 4 is 21.6 Å². The summed E-state index contributed by atoms with van der Waals surface area (Å²) in [6.45, 7) is 4.29. The van der Waals surface area contributed by atoms with Crippen molar-refractivity contribution in [1.29, 1.82) is 0 Å². The first-order valence-corrected chi connectivity index (χ1v) is 6.55. The molecule has 0 radical (unpaired) electrons. The van der Waals surface area contributed by atoms with E-state index in [2.05, 4.69) is 24.1 Å². The number of pyridine rings is 1. The number of hydrogen-bond acceptors (Lipinski definition) is 4. The average Bonchev–Trinajstić information content (AvgIpc) is 2.14. The van der Waals surface area contributed by atoms with Gasteiger partial charge in [0.2, 0.25) is 0 Å². The Morgan fingerprint density at radius 3 is 2.92 bits per heavy atom. The molecule has 0 aromatic carbocycles. The van der Waals surface area contributed by atoms with Crippen LogP contribution in [0.5, 0.6) is 0 Å². The first-order valence-electron chi connectivity index (χ1n) is 4.23. The van der Waals surface area contributed by atoms with Gasteiger partial charge in [-0.1, -0.05) is 30.7 Å². The van der Waals surface area contributed by atoms with E-state index < -0.39 is 0 Å². The summed E-state index contributed by atoms with van der Waals surface area (Å²) in [6, 6.07) is 6.51. The lowest BCUT2D eigenvalue weighted by Gasteiger charge is -2.05. The summed E-state index contributed by atoms with van der Waals surface area (Å²) in [5, 5.41) is 4.40. The molecule has 0 aliphatic rings. The van der Waals surface area contributed by atoms with Crippen LogP contribution in [0.1, 0.15) is 13.8 Å². The second-order valence-electron chi connectivity index (χ2n) is 2.87. The summed E-state index contributed by atoms with van der Waals surface area (Å²) in [6.07, 6.45) is 1.82. The first kappa shape index (κ1) is 10.9. The quantitative estimate of drug-likeness (QED) is 0.463.